The highest BCUT2D eigenvalue weighted by atomic mass is 15.2. The maximum atomic E-state index is 5.95. The Morgan fingerprint density at radius 2 is 2.00 bits per heavy atom. The zero-order chi connectivity index (χ0) is 18.8. The summed E-state index contributed by atoms with van der Waals surface area (Å²) in [4.78, 5) is 15.6. The molecule has 1 aliphatic heterocycles. The Morgan fingerprint density at radius 1 is 1.15 bits per heavy atom. The Hall–Kier alpha value is -2.93. The number of nitrogens with one attached hydrogen (secondary N) is 1. The van der Waals surface area contributed by atoms with Crippen LogP contribution in [0, 0.1) is 6.92 Å². The zero-order valence-electron chi connectivity index (χ0n) is 15.8. The van der Waals surface area contributed by atoms with Crippen molar-refractivity contribution in [1.82, 2.24) is 24.4 Å². The van der Waals surface area contributed by atoms with Gasteiger partial charge in [0.05, 0.1) is 12.6 Å². The summed E-state index contributed by atoms with van der Waals surface area (Å²) in [6, 6.07) is 12.7. The number of rotatable bonds is 5. The van der Waals surface area contributed by atoms with Crippen molar-refractivity contribution in [1.29, 1.82) is 0 Å². The molecule has 1 aliphatic rings. The number of anilines is 3. The molecule has 0 aliphatic carbocycles. The van der Waals surface area contributed by atoms with Crippen LogP contribution in [0.5, 0.6) is 0 Å². The van der Waals surface area contributed by atoms with Crippen LogP contribution in [0.1, 0.15) is 36.0 Å². The maximum Gasteiger partial charge on any atom is 0.232 e. The van der Waals surface area contributed by atoms with E-state index in [1.54, 1.807) is 0 Å². The summed E-state index contributed by atoms with van der Waals surface area (Å²) in [5, 5.41) is 3.26. The summed E-state index contributed by atoms with van der Waals surface area (Å²) in [5.41, 5.74) is 9.38. The second-order valence-electron chi connectivity index (χ2n) is 7.05. The molecule has 3 N–H and O–H groups in total. The van der Waals surface area contributed by atoms with Gasteiger partial charge in [0, 0.05) is 24.6 Å². The van der Waals surface area contributed by atoms with Crippen LogP contribution in [-0.4, -0.2) is 31.0 Å². The molecule has 4 rings (SSSR count). The number of hydrogen-bond donors (Lipinski definition) is 2. The molecular weight excluding hydrogens is 338 g/mol. The third-order valence-corrected chi connectivity index (χ3v) is 5.12. The number of nitrogen functional groups attached to an aromatic ring is 1. The highest BCUT2D eigenvalue weighted by Gasteiger charge is 2.28. The molecule has 0 amide bonds. The molecule has 3 aromatic rings. The number of para-hydroxylation sites is 1. The molecule has 3 heterocycles. The minimum absolute atomic E-state index is 0.241. The number of nitrogens with two attached hydrogens (primary N) is 1. The van der Waals surface area contributed by atoms with Crippen LogP contribution in [0.25, 0.3) is 0 Å². The summed E-state index contributed by atoms with van der Waals surface area (Å²) in [6.45, 7) is 3.73. The van der Waals surface area contributed by atoms with Crippen molar-refractivity contribution in [2.75, 3.05) is 17.6 Å². The Labute approximate surface area is 159 Å². The van der Waals surface area contributed by atoms with Gasteiger partial charge in [-0.3, -0.25) is 4.90 Å². The standard InChI is InChI=1S/C20H25N7/c1-14-7-3-4-8-15(14)22-20-24-18(23-19(21)25-20)13-27-12-6-10-17(27)16-9-5-11-26(16)2/h3-5,7-9,11,17H,6,10,12-13H2,1-2H3,(H3,21,22,23,24,25). The Bertz CT molecular complexity index is 934. The summed E-state index contributed by atoms with van der Waals surface area (Å²) in [7, 11) is 2.09. The summed E-state index contributed by atoms with van der Waals surface area (Å²) in [6.07, 6.45) is 4.41. The SMILES string of the molecule is Cc1ccccc1Nc1nc(N)nc(CN2CCCC2c2cccn2C)n1. The van der Waals surface area contributed by atoms with Gasteiger partial charge in [0.25, 0.3) is 0 Å². The third-order valence-electron chi connectivity index (χ3n) is 5.12. The second kappa shape index (κ2) is 7.36. The molecule has 2 aromatic heterocycles. The minimum Gasteiger partial charge on any atom is -0.368 e. The van der Waals surface area contributed by atoms with Crippen LogP contribution in [0.4, 0.5) is 17.6 Å². The third kappa shape index (κ3) is 3.78. The van der Waals surface area contributed by atoms with Gasteiger partial charge < -0.3 is 15.6 Å². The highest BCUT2D eigenvalue weighted by Crippen LogP contribution is 2.32. The molecule has 0 saturated carbocycles. The van der Waals surface area contributed by atoms with E-state index in [1.165, 1.54) is 12.1 Å². The minimum atomic E-state index is 0.241. The van der Waals surface area contributed by atoms with E-state index in [0.717, 1.165) is 24.2 Å². The van der Waals surface area contributed by atoms with E-state index >= 15 is 0 Å². The lowest BCUT2D eigenvalue weighted by Crippen LogP contribution is -2.25. The molecule has 0 radical (unpaired) electrons. The molecule has 1 aromatic carbocycles. The van der Waals surface area contributed by atoms with Gasteiger partial charge in [-0.05, 0) is 50.1 Å². The predicted molar refractivity (Wildman–Crippen MR) is 106 cm³/mol. The Morgan fingerprint density at radius 3 is 2.78 bits per heavy atom. The van der Waals surface area contributed by atoms with Gasteiger partial charge >= 0.3 is 0 Å². The average molecular weight is 363 g/mol. The van der Waals surface area contributed by atoms with Crippen molar-refractivity contribution >= 4 is 17.6 Å². The fraction of sp³-hybridized carbons (Fsp3) is 0.350. The van der Waals surface area contributed by atoms with Crippen molar-refractivity contribution in [3.05, 3.63) is 59.7 Å². The smallest absolute Gasteiger partial charge is 0.232 e. The fourth-order valence-corrected chi connectivity index (χ4v) is 3.75. The first kappa shape index (κ1) is 17.5. The van der Waals surface area contributed by atoms with Crippen molar-refractivity contribution in [3.63, 3.8) is 0 Å². The zero-order valence-corrected chi connectivity index (χ0v) is 15.8. The van der Waals surface area contributed by atoms with E-state index in [2.05, 4.69) is 55.1 Å². The first-order valence-corrected chi connectivity index (χ1v) is 9.28. The van der Waals surface area contributed by atoms with Gasteiger partial charge in [-0.15, -0.1) is 0 Å². The van der Waals surface area contributed by atoms with Crippen LogP contribution in [0.15, 0.2) is 42.6 Å². The van der Waals surface area contributed by atoms with E-state index in [4.69, 9.17) is 5.73 Å². The van der Waals surface area contributed by atoms with Crippen LogP contribution in [0.2, 0.25) is 0 Å². The normalized spacial score (nSPS) is 17.3. The predicted octanol–water partition coefficient (Wildman–Crippen LogP) is 3.18. The largest absolute Gasteiger partial charge is 0.368 e. The lowest BCUT2D eigenvalue weighted by Gasteiger charge is -2.24. The molecule has 27 heavy (non-hydrogen) atoms. The first-order chi connectivity index (χ1) is 13.1. The molecule has 1 fully saturated rings. The fourth-order valence-electron chi connectivity index (χ4n) is 3.75. The van der Waals surface area contributed by atoms with Gasteiger partial charge in [-0.25, -0.2) is 0 Å². The van der Waals surface area contributed by atoms with Crippen molar-refractivity contribution < 1.29 is 0 Å². The summed E-state index contributed by atoms with van der Waals surface area (Å²) in [5.74, 6) is 1.42. The molecule has 7 nitrogen and oxygen atoms in total. The topological polar surface area (TPSA) is 84.9 Å². The maximum absolute atomic E-state index is 5.95. The molecule has 1 unspecified atom stereocenters. The number of benzene rings is 1. The molecule has 0 bridgehead atoms. The van der Waals surface area contributed by atoms with Gasteiger partial charge in [0.15, 0.2) is 0 Å². The van der Waals surface area contributed by atoms with Crippen LogP contribution < -0.4 is 11.1 Å². The number of nitrogens with zero attached hydrogens (tertiary/aromatic N) is 5. The van der Waals surface area contributed by atoms with Crippen molar-refractivity contribution in [3.8, 4) is 0 Å². The van der Waals surface area contributed by atoms with E-state index in [0.29, 0.717) is 24.4 Å². The molecule has 140 valence electrons. The molecule has 1 saturated heterocycles. The van der Waals surface area contributed by atoms with Gasteiger partial charge in [-0.2, -0.15) is 15.0 Å². The van der Waals surface area contributed by atoms with Gasteiger partial charge in [-0.1, -0.05) is 18.2 Å². The lowest BCUT2D eigenvalue weighted by molar-refractivity contribution is 0.235. The lowest BCUT2D eigenvalue weighted by atomic mass is 10.1. The Kier molecular flexibility index (Phi) is 4.77. The van der Waals surface area contributed by atoms with Crippen LogP contribution in [0.3, 0.4) is 0 Å². The molecular formula is C20H25N7. The molecule has 0 spiro atoms. The Balaban J connectivity index is 1.55. The van der Waals surface area contributed by atoms with Crippen molar-refractivity contribution in [2.45, 2.75) is 32.4 Å². The monoisotopic (exact) mass is 363 g/mol. The quantitative estimate of drug-likeness (QED) is 0.724. The molecule has 7 heteroatoms. The van der Waals surface area contributed by atoms with Crippen molar-refractivity contribution in [2.24, 2.45) is 7.05 Å². The average Bonchev–Trinajstić information content (AvgIpc) is 3.25. The first-order valence-electron chi connectivity index (χ1n) is 9.28. The van der Waals surface area contributed by atoms with E-state index in [-0.39, 0.29) is 5.95 Å². The van der Waals surface area contributed by atoms with E-state index in [9.17, 15) is 0 Å². The number of hydrogen-bond acceptors (Lipinski definition) is 6. The number of likely N-dealkylation sites (tertiary alicyclic amines) is 1. The second-order valence-corrected chi connectivity index (χ2v) is 7.05. The van der Waals surface area contributed by atoms with E-state index < -0.39 is 0 Å². The molecule has 1 atom stereocenters. The van der Waals surface area contributed by atoms with Gasteiger partial charge in [0.1, 0.15) is 5.82 Å². The number of aromatic nitrogens is 4. The van der Waals surface area contributed by atoms with Gasteiger partial charge in [0.2, 0.25) is 11.9 Å². The summed E-state index contributed by atoms with van der Waals surface area (Å²) < 4.78 is 2.19. The van der Waals surface area contributed by atoms with Crippen LogP contribution >= 0.6 is 0 Å². The summed E-state index contributed by atoms with van der Waals surface area (Å²) >= 11 is 0. The van der Waals surface area contributed by atoms with E-state index in [1.807, 2.05) is 31.2 Å². The van der Waals surface area contributed by atoms with Crippen LogP contribution in [-0.2, 0) is 13.6 Å². The number of aryl methyl sites for hydroxylation is 2. The highest BCUT2D eigenvalue weighted by molar-refractivity contribution is 5.58.